The van der Waals surface area contributed by atoms with Gasteiger partial charge in [-0.3, -0.25) is 9.59 Å². The minimum absolute atomic E-state index is 0.0804. The zero-order valence-electron chi connectivity index (χ0n) is 17.4. The van der Waals surface area contributed by atoms with Crippen LogP contribution in [0.15, 0.2) is 42.5 Å². The van der Waals surface area contributed by atoms with Gasteiger partial charge in [0, 0.05) is 5.02 Å². The van der Waals surface area contributed by atoms with Crippen molar-refractivity contribution in [2.45, 2.75) is 38.3 Å². The van der Waals surface area contributed by atoms with Gasteiger partial charge in [-0.25, -0.2) is 0 Å². The van der Waals surface area contributed by atoms with Gasteiger partial charge in [0.15, 0.2) is 0 Å². The van der Waals surface area contributed by atoms with Crippen molar-refractivity contribution in [1.82, 2.24) is 0 Å². The molecule has 3 rings (SSSR count). The van der Waals surface area contributed by atoms with Gasteiger partial charge in [0.25, 0.3) is 0 Å². The van der Waals surface area contributed by atoms with Gasteiger partial charge in [0.05, 0.1) is 35.1 Å². The number of carbonyl (C=O) groups excluding carboxylic acids is 2. The third-order valence-corrected chi connectivity index (χ3v) is 6.17. The quantitative estimate of drug-likeness (QED) is 0.448. The molecule has 1 saturated carbocycles. The molecule has 1 aliphatic carbocycles. The number of esters is 1. The van der Waals surface area contributed by atoms with Crippen LogP contribution in [0.5, 0.6) is 0 Å². The lowest BCUT2D eigenvalue weighted by molar-refractivity contribution is -0.178. The summed E-state index contributed by atoms with van der Waals surface area (Å²) in [5, 5.41) is 3.08. The monoisotopic (exact) mass is 487 g/mol. The number of amides is 1. The van der Waals surface area contributed by atoms with E-state index in [0.29, 0.717) is 11.4 Å². The Labute approximate surface area is 194 Å². The van der Waals surface area contributed by atoms with E-state index in [4.69, 9.17) is 27.9 Å². The second-order valence-corrected chi connectivity index (χ2v) is 8.63. The van der Waals surface area contributed by atoms with E-state index in [1.165, 1.54) is 24.3 Å². The van der Waals surface area contributed by atoms with Crippen LogP contribution in [-0.4, -0.2) is 24.7 Å². The molecule has 1 fully saturated rings. The molecule has 0 aromatic heterocycles. The Morgan fingerprint density at radius 1 is 1.16 bits per heavy atom. The highest BCUT2D eigenvalue weighted by molar-refractivity contribution is 6.33. The first kappa shape index (κ1) is 24.4. The van der Waals surface area contributed by atoms with E-state index < -0.39 is 23.9 Å². The van der Waals surface area contributed by atoms with Crippen molar-refractivity contribution < 1.29 is 27.5 Å². The molecular weight excluding hydrogens is 466 g/mol. The number of alkyl halides is 3. The van der Waals surface area contributed by atoms with Crippen molar-refractivity contribution in [3.63, 3.8) is 0 Å². The Bertz CT molecular complexity index is 995. The van der Waals surface area contributed by atoms with Gasteiger partial charge in [-0.15, -0.1) is 0 Å². The molecule has 0 bridgehead atoms. The lowest BCUT2D eigenvalue weighted by Crippen LogP contribution is -2.34. The van der Waals surface area contributed by atoms with Crippen LogP contribution in [0.4, 0.5) is 18.9 Å². The highest BCUT2D eigenvalue weighted by Gasteiger charge is 2.46. The first-order chi connectivity index (χ1) is 15.0. The van der Waals surface area contributed by atoms with Gasteiger partial charge in [-0.1, -0.05) is 48.3 Å². The van der Waals surface area contributed by atoms with Crippen LogP contribution in [-0.2, 0) is 14.3 Å². The van der Waals surface area contributed by atoms with Crippen LogP contribution in [0.1, 0.15) is 43.2 Å². The summed E-state index contributed by atoms with van der Waals surface area (Å²) in [4.78, 5) is 24.9. The van der Waals surface area contributed by atoms with E-state index in [1.54, 1.807) is 25.1 Å². The largest absolute Gasteiger partial charge is 0.466 e. The SMILES string of the molecule is CCOC(=O)C1CC1c1ccc(Cl)c(NC(=O)[C@H](c2ccc(Cl)cc2)[C@@H](C)C(F)(F)F)c1. The molecule has 2 aromatic carbocycles. The highest BCUT2D eigenvalue weighted by atomic mass is 35.5. The summed E-state index contributed by atoms with van der Waals surface area (Å²) in [6.45, 7) is 2.97. The molecule has 9 heteroatoms. The molecule has 172 valence electrons. The van der Waals surface area contributed by atoms with E-state index in [0.717, 1.165) is 12.5 Å². The van der Waals surface area contributed by atoms with E-state index in [2.05, 4.69) is 5.32 Å². The zero-order valence-corrected chi connectivity index (χ0v) is 18.9. The van der Waals surface area contributed by atoms with Crippen molar-refractivity contribution in [2.24, 2.45) is 11.8 Å². The van der Waals surface area contributed by atoms with Crippen LogP contribution in [0.2, 0.25) is 10.0 Å². The minimum Gasteiger partial charge on any atom is -0.466 e. The molecule has 0 radical (unpaired) electrons. The average molecular weight is 488 g/mol. The number of carbonyl (C=O) groups is 2. The molecule has 0 aliphatic heterocycles. The van der Waals surface area contributed by atoms with Crippen LogP contribution in [0, 0.1) is 11.8 Å². The van der Waals surface area contributed by atoms with Crippen LogP contribution in [0.25, 0.3) is 0 Å². The number of benzene rings is 2. The maximum atomic E-state index is 13.5. The Balaban J connectivity index is 1.84. The summed E-state index contributed by atoms with van der Waals surface area (Å²) in [6.07, 6.45) is -3.99. The zero-order chi connectivity index (χ0) is 23.6. The highest BCUT2D eigenvalue weighted by Crippen LogP contribution is 2.49. The third-order valence-electron chi connectivity index (χ3n) is 5.58. The summed E-state index contributed by atoms with van der Waals surface area (Å²) in [6, 6.07) is 10.6. The van der Waals surface area contributed by atoms with Gasteiger partial charge in [0.2, 0.25) is 5.91 Å². The van der Waals surface area contributed by atoms with Gasteiger partial charge < -0.3 is 10.1 Å². The Morgan fingerprint density at radius 2 is 1.81 bits per heavy atom. The number of nitrogens with one attached hydrogen (secondary N) is 1. The molecule has 1 N–H and O–H groups in total. The summed E-state index contributed by atoms with van der Waals surface area (Å²) in [5.74, 6) is -4.92. The van der Waals surface area contributed by atoms with Gasteiger partial charge in [-0.05, 0) is 54.7 Å². The van der Waals surface area contributed by atoms with E-state index in [1.807, 2.05) is 0 Å². The minimum atomic E-state index is -4.59. The number of ether oxygens (including phenoxy) is 1. The predicted molar refractivity (Wildman–Crippen MR) is 117 cm³/mol. The number of hydrogen-bond donors (Lipinski definition) is 1. The van der Waals surface area contributed by atoms with Crippen molar-refractivity contribution in [3.8, 4) is 0 Å². The van der Waals surface area contributed by atoms with Crippen LogP contribution < -0.4 is 5.32 Å². The summed E-state index contributed by atoms with van der Waals surface area (Å²) >= 11 is 12.1. The summed E-state index contributed by atoms with van der Waals surface area (Å²) in [7, 11) is 0. The smallest absolute Gasteiger partial charge is 0.392 e. The van der Waals surface area contributed by atoms with Crippen LogP contribution in [0.3, 0.4) is 0 Å². The number of hydrogen-bond acceptors (Lipinski definition) is 3. The fourth-order valence-electron chi connectivity index (χ4n) is 3.68. The molecule has 2 unspecified atom stereocenters. The van der Waals surface area contributed by atoms with Crippen molar-refractivity contribution in [2.75, 3.05) is 11.9 Å². The third kappa shape index (κ3) is 5.56. The van der Waals surface area contributed by atoms with Gasteiger partial charge in [0.1, 0.15) is 0 Å². The standard InChI is InChI=1S/C23H22Cl2F3NO3/c1-3-32-22(31)17-11-16(17)14-6-9-18(25)19(10-14)29-21(30)20(12(2)23(26,27)28)13-4-7-15(24)8-5-13/h4-10,12,16-17,20H,3,11H2,1-2H3,(H,29,30)/t12-,16?,17?,20+/m1/s1. The maximum absolute atomic E-state index is 13.5. The molecule has 0 heterocycles. The molecule has 1 amide bonds. The second-order valence-electron chi connectivity index (χ2n) is 7.79. The second kappa shape index (κ2) is 9.71. The van der Waals surface area contributed by atoms with Crippen LogP contribution >= 0.6 is 23.2 Å². The molecule has 1 aliphatic rings. The van der Waals surface area contributed by atoms with Crippen molar-refractivity contribution in [1.29, 1.82) is 0 Å². The average Bonchev–Trinajstić information content (AvgIpc) is 3.52. The molecule has 0 spiro atoms. The topological polar surface area (TPSA) is 55.4 Å². The molecule has 4 nitrogen and oxygen atoms in total. The Kier molecular flexibility index (Phi) is 7.40. The molecule has 32 heavy (non-hydrogen) atoms. The number of anilines is 1. The van der Waals surface area contributed by atoms with Crippen molar-refractivity contribution in [3.05, 3.63) is 63.6 Å². The van der Waals surface area contributed by atoms with Gasteiger partial charge >= 0.3 is 12.1 Å². The van der Waals surface area contributed by atoms with E-state index >= 15 is 0 Å². The van der Waals surface area contributed by atoms with E-state index in [9.17, 15) is 22.8 Å². The predicted octanol–water partition coefficient (Wildman–Crippen LogP) is 6.58. The lowest BCUT2D eigenvalue weighted by atomic mass is 9.86. The Hall–Kier alpha value is -2.25. The number of halogens is 5. The van der Waals surface area contributed by atoms with E-state index in [-0.39, 0.29) is 40.7 Å². The normalized spacial score (nSPS) is 19.7. The number of rotatable bonds is 7. The summed E-state index contributed by atoms with van der Waals surface area (Å²) in [5.41, 5.74) is 1.14. The molecule has 0 saturated heterocycles. The fourth-order valence-corrected chi connectivity index (χ4v) is 3.97. The maximum Gasteiger partial charge on any atom is 0.392 e. The van der Waals surface area contributed by atoms with Crippen molar-refractivity contribution >= 4 is 40.8 Å². The summed E-state index contributed by atoms with van der Waals surface area (Å²) < 4.78 is 45.6. The molecule has 2 aromatic rings. The molecular formula is C23H22Cl2F3NO3. The lowest BCUT2D eigenvalue weighted by Gasteiger charge is -2.26. The first-order valence-corrected chi connectivity index (χ1v) is 10.9. The Morgan fingerprint density at radius 3 is 2.41 bits per heavy atom. The molecule has 4 atom stereocenters. The fraction of sp³-hybridized carbons (Fsp3) is 0.391. The van der Waals surface area contributed by atoms with Gasteiger partial charge in [-0.2, -0.15) is 13.2 Å². The first-order valence-electron chi connectivity index (χ1n) is 10.1.